The Labute approximate surface area is 190 Å². The molecule has 0 aliphatic carbocycles. The zero-order valence-corrected chi connectivity index (χ0v) is 19.3. The predicted octanol–water partition coefficient (Wildman–Crippen LogP) is 3.07. The summed E-state index contributed by atoms with van der Waals surface area (Å²) in [5, 5.41) is 9.98. The highest BCUT2D eigenvalue weighted by atomic mass is 32.2. The first-order valence-electron chi connectivity index (χ1n) is 10.8. The van der Waals surface area contributed by atoms with Crippen molar-refractivity contribution >= 4 is 22.2 Å². The van der Waals surface area contributed by atoms with Crippen molar-refractivity contribution in [1.82, 2.24) is 10.2 Å². The van der Waals surface area contributed by atoms with Gasteiger partial charge in [-0.05, 0) is 49.2 Å². The lowest BCUT2D eigenvalue weighted by Gasteiger charge is -2.31. The van der Waals surface area contributed by atoms with Crippen LogP contribution in [0.1, 0.15) is 42.9 Å². The van der Waals surface area contributed by atoms with Gasteiger partial charge in [0.05, 0.1) is 17.4 Å². The Morgan fingerprint density at radius 1 is 1.03 bits per heavy atom. The molecule has 0 bridgehead atoms. The van der Waals surface area contributed by atoms with Crippen molar-refractivity contribution in [1.29, 1.82) is 0 Å². The maximum absolute atomic E-state index is 12.5. The first kappa shape index (κ1) is 25.5. The van der Waals surface area contributed by atoms with E-state index in [0.717, 1.165) is 18.7 Å². The van der Waals surface area contributed by atoms with Gasteiger partial charge in [0.25, 0.3) is 6.47 Å². The van der Waals surface area contributed by atoms with Crippen LogP contribution in [0.15, 0.2) is 59.5 Å². The second-order valence-electron chi connectivity index (χ2n) is 7.88. The Morgan fingerprint density at radius 2 is 1.59 bits per heavy atom. The minimum atomic E-state index is -3.22. The number of rotatable bonds is 7. The van der Waals surface area contributed by atoms with Crippen LogP contribution in [0.5, 0.6) is 0 Å². The maximum atomic E-state index is 12.5. The van der Waals surface area contributed by atoms with Crippen LogP contribution in [0.25, 0.3) is 0 Å². The van der Waals surface area contributed by atoms with Crippen molar-refractivity contribution in [2.24, 2.45) is 0 Å². The Bertz CT molecular complexity index is 938. The van der Waals surface area contributed by atoms with Gasteiger partial charge in [0.1, 0.15) is 0 Å². The number of hydrogen-bond donors (Lipinski definition) is 2. The summed E-state index contributed by atoms with van der Waals surface area (Å²) in [6.07, 6.45) is 6.36. The molecule has 1 aliphatic heterocycles. The highest BCUT2D eigenvalue weighted by Crippen LogP contribution is 2.23. The van der Waals surface area contributed by atoms with Crippen LogP contribution in [-0.4, -0.2) is 56.7 Å². The number of carboxylic acid groups (broad SMARTS) is 1. The molecule has 0 saturated carbocycles. The van der Waals surface area contributed by atoms with Crippen LogP contribution in [0, 0.1) is 0 Å². The van der Waals surface area contributed by atoms with Crippen molar-refractivity contribution in [3.05, 3.63) is 65.7 Å². The first-order chi connectivity index (χ1) is 15.3. The third-order valence-electron chi connectivity index (χ3n) is 5.47. The van der Waals surface area contributed by atoms with E-state index in [0.29, 0.717) is 6.54 Å². The van der Waals surface area contributed by atoms with Crippen LogP contribution in [0.3, 0.4) is 0 Å². The Morgan fingerprint density at radius 3 is 2.12 bits per heavy atom. The van der Waals surface area contributed by atoms with E-state index in [9.17, 15) is 13.2 Å². The van der Waals surface area contributed by atoms with Crippen molar-refractivity contribution < 1.29 is 23.1 Å². The van der Waals surface area contributed by atoms with Crippen LogP contribution in [0.4, 0.5) is 0 Å². The summed E-state index contributed by atoms with van der Waals surface area (Å²) in [6, 6.07) is 17.1. The average molecular weight is 461 g/mol. The van der Waals surface area contributed by atoms with E-state index in [2.05, 4.69) is 22.3 Å². The maximum Gasteiger partial charge on any atom is 0.290 e. The molecule has 0 spiro atoms. The number of likely N-dealkylation sites (tertiary alicyclic amines) is 1. The van der Waals surface area contributed by atoms with E-state index < -0.39 is 9.84 Å². The molecule has 0 aromatic heterocycles. The second-order valence-corrected chi connectivity index (χ2v) is 9.89. The number of benzene rings is 2. The molecule has 1 saturated heterocycles. The van der Waals surface area contributed by atoms with E-state index in [1.165, 1.54) is 37.5 Å². The van der Waals surface area contributed by atoms with E-state index in [4.69, 9.17) is 9.90 Å². The molecule has 1 heterocycles. The van der Waals surface area contributed by atoms with Crippen molar-refractivity contribution in [2.45, 2.75) is 43.0 Å². The molecule has 1 fully saturated rings. The lowest BCUT2D eigenvalue weighted by Crippen LogP contribution is -2.39. The Balaban J connectivity index is 0.00000114. The van der Waals surface area contributed by atoms with Gasteiger partial charge in [0.15, 0.2) is 9.84 Å². The van der Waals surface area contributed by atoms with Crippen molar-refractivity contribution in [3.63, 3.8) is 0 Å². The van der Waals surface area contributed by atoms with E-state index in [1.54, 1.807) is 24.3 Å². The molecule has 7 nitrogen and oxygen atoms in total. The lowest BCUT2D eigenvalue weighted by atomic mass is 10.0. The molecule has 1 atom stereocenters. The van der Waals surface area contributed by atoms with Crippen LogP contribution < -0.4 is 5.32 Å². The largest absolute Gasteiger partial charge is 0.483 e. The highest BCUT2D eigenvalue weighted by Gasteiger charge is 2.22. The van der Waals surface area contributed by atoms with Crippen molar-refractivity contribution in [3.8, 4) is 0 Å². The third-order valence-corrected chi connectivity index (χ3v) is 6.60. The summed E-state index contributed by atoms with van der Waals surface area (Å²) in [6.45, 7) is 2.44. The zero-order chi connectivity index (χ0) is 23.4. The summed E-state index contributed by atoms with van der Waals surface area (Å²) in [5.74, 6) is -0.0483. The van der Waals surface area contributed by atoms with Crippen LogP contribution in [-0.2, 0) is 25.8 Å². The summed E-state index contributed by atoms with van der Waals surface area (Å²) in [4.78, 5) is 23.7. The Hall–Kier alpha value is -2.71. The molecule has 2 N–H and O–H groups in total. The summed E-state index contributed by atoms with van der Waals surface area (Å²) >= 11 is 0. The molecular weight excluding hydrogens is 428 g/mol. The monoisotopic (exact) mass is 460 g/mol. The average Bonchev–Trinajstić information content (AvgIpc) is 3.04. The summed E-state index contributed by atoms with van der Waals surface area (Å²) in [5.41, 5.74) is 2.04. The molecule has 1 amide bonds. The van der Waals surface area contributed by atoms with Crippen molar-refractivity contribution in [2.75, 3.05) is 25.9 Å². The van der Waals surface area contributed by atoms with Crippen LogP contribution in [0.2, 0.25) is 0 Å². The Kier molecular flexibility index (Phi) is 10.4. The first-order valence-corrected chi connectivity index (χ1v) is 12.7. The molecule has 0 radical (unpaired) electrons. The minimum Gasteiger partial charge on any atom is -0.483 e. The molecule has 2 aromatic rings. The van der Waals surface area contributed by atoms with E-state index in [1.807, 2.05) is 18.2 Å². The molecule has 32 heavy (non-hydrogen) atoms. The smallest absolute Gasteiger partial charge is 0.290 e. The quantitative estimate of drug-likeness (QED) is 0.616. The minimum absolute atomic E-state index is 0.0483. The predicted molar refractivity (Wildman–Crippen MR) is 124 cm³/mol. The van der Waals surface area contributed by atoms with Gasteiger partial charge in [-0.15, -0.1) is 0 Å². The number of nitrogens with one attached hydrogen (secondary N) is 1. The molecule has 8 heteroatoms. The van der Waals surface area contributed by atoms with Gasteiger partial charge in [-0.2, -0.15) is 0 Å². The molecule has 3 rings (SSSR count). The fourth-order valence-corrected chi connectivity index (χ4v) is 4.48. The highest BCUT2D eigenvalue weighted by molar-refractivity contribution is 7.90. The van der Waals surface area contributed by atoms with E-state index in [-0.39, 0.29) is 29.7 Å². The lowest BCUT2D eigenvalue weighted by molar-refractivity contribution is -0.123. The molecular formula is C24H32N2O5S. The number of hydrogen-bond acceptors (Lipinski definition) is 5. The van der Waals surface area contributed by atoms with Crippen LogP contribution >= 0.6 is 0 Å². The van der Waals surface area contributed by atoms with Gasteiger partial charge in [0, 0.05) is 12.8 Å². The molecule has 1 aliphatic rings. The van der Waals surface area contributed by atoms with Gasteiger partial charge < -0.3 is 10.4 Å². The van der Waals surface area contributed by atoms with Gasteiger partial charge >= 0.3 is 0 Å². The number of carbonyl (C=O) groups excluding carboxylic acids is 1. The van der Waals surface area contributed by atoms with Gasteiger partial charge in [-0.25, -0.2) is 8.42 Å². The fraction of sp³-hybridized carbons (Fsp3) is 0.417. The third kappa shape index (κ3) is 8.43. The summed E-state index contributed by atoms with van der Waals surface area (Å²) in [7, 11) is -3.22. The number of carbonyl (C=O) groups is 2. The van der Waals surface area contributed by atoms with E-state index >= 15 is 0 Å². The molecule has 2 aromatic carbocycles. The SMILES string of the molecule is CS(=O)(=O)c1ccc(CC(=O)NCC(c2ccccc2)N2CCCCCC2)cc1.O=CO. The second kappa shape index (κ2) is 13.0. The summed E-state index contributed by atoms with van der Waals surface area (Å²) < 4.78 is 23.1. The van der Waals surface area contributed by atoms with Gasteiger partial charge in [0.2, 0.25) is 5.91 Å². The molecule has 1 unspecified atom stereocenters. The topological polar surface area (TPSA) is 104 Å². The van der Waals surface area contributed by atoms with Gasteiger partial charge in [-0.3, -0.25) is 14.5 Å². The fourth-order valence-electron chi connectivity index (χ4n) is 3.85. The number of sulfone groups is 1. The van der Waals surface area contributed by atoms with Gasteiger partial charge in [-0.1, -0.05) is 55.3 Å². The zero-order valence-electron chi connectivity index (χ0n) is 18.4. The number of nitrogens with zero attached hydrogens (tertiary/aromatic N) is 1. The molecule has 174 valence electrons. The standard InChI is InChI=1S/C23H30N2O3S.CH2O2/c1-29(27,28)21-13-11-19(12-14-21)17-23(26)24-18-22(20-9-5-4-6-10-20)25-15-7-2-3-8-16-25;2-1-3/h4-6,9-14,22H,2-3,7-8,15-18H2,1H3,(H,24,26);1H,(H,2,3). The number of amides is 1. The normalized spacial score (nSPS) is 15.5.